The monoisotopic (exact) mass is 268 g/mol. The fourth-order valence-electron chi connectivity index (χ4n) is 3.21. The molecule has 3 atom stereocenters. The Morgan fingerprint density at radius 3 is 2.16 bits per heavy atom. The van der Waals surface area contributed by atoms with Gasteiger partial charge in [-0.25, -0.2) is 0 Å². The van der Waals surface area contributed by atoms with E-state index in [2.05, 4.69) is 0 Å². The van der Waals surface area contributed by atoms with Gasteiger partial charge in [0, 0.05) is 5.41 Å². The van der Waals surface area contributed by atoms with Crippen molar-refractivity contribution in [2.45, 2.75) is 53.4 Å². The van der Waals surface area contributed by atoms with Gasteiger partial charge < -0.3 is 10.2 Å². The van der Waals surface area contributed by atoms with Gasteiger partial charge in [0.1, 0.15) is 0 Å². The number of hydrogen-bond acceptors (Lipinski definition) is 2. The summed E-state index contributed by atoms with van der Waals surface area (Å²) < 4.78 is 0. The summed E-state index contributed by atoms with van der Waals surface area (Å²) >= 11 is 0. The Kier molecular flexibility index (Phi) is 4.13. The zero-order chi connectivity index (χ0) is 14.9. The molecule has 0 radical (unpaired) electrons. The minimum absolute atomic E-state index is 0.380. The van der Waals surface area contributed by atoms with E-state index >= 15 is 0 Å². The lowest BCUT2D eigenvalue weighted by atomic mass is 9.47. The first-order chi connectivity index (χ1) is 8.65. The fourth-order valence-corrected chi connectivity index (χ4v) is 3.21. The first kappa shape index (κ1) is 15.7. The van der Waals surface area contributed by atoms with Gasteiger partial charge in [-0.05, 0) is 26.7 Å². The molecule has 0 aliphatic heterocycles. The van der Waals surface area contributed by atoms with Gasteiger partial charge in [0.05, 0.1) is 10.8 Å². The van der Waals surface area contributed by atoms with Crippen LogP contribution < -0.4 is 0 Å². The van der Waals surface area contributed by atoms with Gasteiger partial charge in [-0.3, -0.25) is 9.59 Å². The number of aliphatic carboxylic acids is 2. The van der Waals surface area contributed by atoms with Crippen molar-refractivity contribution >= 4 is 11.9 Å². The molecule has 1 aliphatic carbocycles. The molecule has 0 fully saturated rings. The topological polar surface area (TPSA) is 74.6 Å². The number of hydrogen-bond donors (Lipinski definition) is 2. The van der Waals surface area contributed by atoms with Crippen LogP contribution in [0.3, 0.4) is 0 Å². The van der Waals surface area contributed by atoms with Gasteiger partial charge in [-0.15, -0.1) is 0 Å². The van der Waals surface area contributed by atoms with E-state index in [1.54, 1.807) is 26.0 Å². The van der Waals surface area contributed by atoms with E-state index < -0.39 is 28.2 Å². The number of rotatable bonds is 5. The minimum atomic E-state index is -1.15. The highest BCUT2D eigenvalue weighted by atomic mass is 16.4. The number of carboxylic acid groups (broad SMARTS) is 2. The van der Waals surface area contributed by atoms with Crippen LogP contribution in [0.1, 0.15) is 53.4 Å². The Balaban J connectivity index is 3.42. The van der Waals surface area contributed by atoms with Crippen molar-refractivity contribution < 1.29 is 19.8 Å². The van der Waals surface area contributed by atoms with Crippen LogP contribution >= 0.6 is 0 Å². The van der Waals surface area contributed by atoms with E-state index in [-0.39, 0.29) is 0 Å². The molecule has 0 saturated carbocycles. The molecule has 1 rings (SSSR count). The van der Waals surface area contributed by atoms with Crippen LogP contribution in [0.2, 0.25) is 0 Å². The predicted molar refractivity (Wildman–Crippen MR) is 72.9 cm³/mol. The third-order valence-corrected chi connectivity index (χ3v) is 5.29. The second kappa shape index (κ2) is 4.99. The summed E-state index contributed by atoms with van der Waals surface area (Å²) in [6.45, 7) is 7.16. The van der Waals surface area contributed by atoms with Crippen LogP contribution in [0.15, 0.2) is 12.2 Å². The van der Waals surface area contributed by atoms with E-state index in [1.165, 1.54) is 0 Å². The number of carboxylic acids is 2. The van der Waals surface area contributed by atoms with E-state index in [4.69, 9.17) is 0 Å². The van der Waals surface area contributed by atoms with E-state index in [0.717, 1.165) is 12.8 Å². The van der Waals surface area contributed by atoms with Crippen LogP contribution in [0.25, 0.3) is 0 Å². The summed E-state index contributed by atoms with van der Waals surface area (Å²) in [4.78, 5) is 23.5. The smallest absolute Gasteiger partial charge is 0.313 e. The molecule has 4 heteroatoms. The van der Waals surface area contributed by atoms with Crippen LogP contribution in [0.5, 0.6) is 0 Å². The summed E-state index contributed by atoms with van der Waals surface area (Å²) in [5.74, 6) is -1.86. The van der Waals surface area contributed by atoms with Crippen molar-refractivity contribution in [1.29, 1.82) is 0 Å². The summed E-state index contributed by atoms with van der Waals surface area (Å²) in [5, 5.41) is 19.2. The Morgan fingerprint density at radius 1 is 1.16 bits per heavy atom. The maximum atomic E-state index is 11.7. The molecule has 0 aromatic rings. The highest BCUT2D eigenvalue weighted by molar-refractivity contribution is 5.83. The lowest BCUT2D eigenvalue weighted by molar-refractivity contribution is -0.175. The minimum Gasteiger partial charge on any atom is -0.481 e. The van der Waals surface area contributed by atoms with E-state index in [9.17, 15) is 19.8 Å². The zero-order valence-electron chi connectivity index (χ0n) is 12.2. The molecular formula is C15H24O4. The highest BCUT2D eigenvalue weighted by Crippen LogP contribution is 2.60. The second-order valence-electron chi connectivity index (χ2n) is 6.19. The summed E-state index contributed by atoms with van der Waals surface area (Å²) in [6, 6.07) is 0. The number of carbonyl (C=O) groups is 2. The van der Waals surface area contributed by atoms with E-state index in [1.807, 2.05) is 13.8 Å². The van der Waals surface area contributed by atoms with Crippen LogP contribution in [-0.4, -0.2) is 22.2 Å². The Hall–Kier alpha value is -1.32. The molecule has 0 amide bonds. The van der Waals surface area contributed by atoms with Crippen LogP contribution in [0, 0.1) is 16.2 Å². The molecule has 3 unspecified atom stereocenters. The predicted octanol–water partition coefficient (Wildman–Crippen LogP) is 3.32. The van der Waals surface area contributed by atoms with Gasteiger partial charge in [-0.2, -0.15) is 0 Å². The van der Waals surface area contributed by atoms with Crippen LogP contribution in [0.4, 0.5) is 0 Å². The average Bonchev–Trinajstić information content (AvgIpc) is 2.33. The second-order valence-corrected chi connectivity index (χ2v) is 6.19. The highest BCUT2D eigenvalue weighted by Gasteiger charge is 2.62. The maximum absolute atomic E-state index is 11.7. The Morgan fingerprint density at radius 2 is 1.74 bits per heavy atom. The molecule has 0 bridgehead atoms. The molecule has 19 heavy (non-hydrogen) atoms. The largest absolute Gasteiger partial charge is 0.481 e. The van der Waals surface area contributed by atoms with E-state index in [0.29, 0.717) is 12.8 Å². The van der Waals surface area contributed by atoms with Gasteiger partial charge in [0.2, 0.25) is 0 Å². The van der Waals surface area contributed by atoms with Crippen molar-refractivity contribution in [2.75, 3.05) is 0 Å². The van der Waals surface area contributed by atoms with Crippen molar-refractivity contribution in [3.63, 3.8) is 0 Å². The molecular weight excluding hydrogens is 244 g/mol. The SMILES string of the molecule is CCCCC1(C)C(C)(C(=O)O)C=CCC1(C)C(=O)O. The first-order valence-electron chi connectivity index (χ1n) is 6.80. The molecule has 108 valence electrons. The molecule has 2 N–H and O–H groups in total. The van der Waals surface area contributed by atoms with Crippen molar-refractivity contribution in [2.24, 2.45) is 16.2 Å². The summed E-state index contributed by atoms with van der Waals surface area (Å²) in [6.07, 6.45) is 6.11. The van der Waals surface area contributed by atoms with Gasteiger partial charge in [0.15, 0.2) is 0 Å². The Bertz CT molecular complexity index is 414. The number of allylic oxidation sites excluding steroid dienone is 1. The average molecular weight is 268 g/mol. The molecule has 1 aliphatic rings. The molecule has 4 nitrogen and oxygen atoms in total. The molecule has 0 aromatic carbocycles. The quantitative estimate of drug-likeness (QED) is 0.750. The third-order valence-electron chi connectivity index (χ3n) is 5.29. The summed E-state index contributed by atoms with van der Waals surface area (Å²) in [7, 11) is 0. The van der Waals surface area contributed by atoms with Gasteiger partial charge in [-0.1, -0.05) is 38.8 Å². The molecule has 0 spiro atoms. The van der Waals surface area contributed by atoms with Gasteiger partial charge in [0.25, 0.3) is 0 Å². The standard InChI is InChI=1S/C15H24O4/c1-5-6-10-15(4)13(2,11(16)17)8-7-9-14(15,3)12(18)19/h7-8H,5-6,9-10H2,1-4H3,(H,16,17)(H,18,19). The van der Waals surface area contributed by atoms with Crippen LogP contribution in [-0.2, 0) is 9.59 Å². The zero-order valence-corrected chi connectivity index (χ0v) is 12.2. The summed E-state index contributed by atoms with van der Waals surface area (Å²) in [5.41, 5.74) is -3.00. The van der Waals surface area contributed by atoms with Gasteiger partial charge >= 0.3 is 11.9 Å². The van der Waals surface area contributed by atoms with Crippen molar-refractivity contribution in [1.82, 2.24) is 0 Å². The molecule has 0 aromatic heterocycles. The first-order valence-corrected chi connectivity index (χ1v) is 6.80. The third kappa shape index (κ3) is 2.07. The lowest BCUT2D eigenvalue weighted by Gasteiger charge is -2.54. The number of unbranched alkanes of at least 4 members (excludes halogenated alkanes) is 1. The molecule has 0 saturated heterocycles. The Labute approximate surface area is 114 Å². The van der Waals surface area contributed by atoms with Crippen molar-refractivity contribution in [3.05, 3.63) is 12.2 Å². The maximum Gasteiger partial charge on any atom is 0.313 e. The lowest BCUT2D eigenvalue weighted by Crippen LogP contribution is -2.57. The molecule has 0 heterocycles. The fraction of sp³-hybridized carbons (Fsp3) is 0.733. The normalized spacial score (nSPS) is 38.1. The van der Waals surface area contributed by atoms with Crippen molar-refractivity contribution in [3.8, 4) is 0 Å².